The van der Waals surface area contributed by atoms with Gasteiger partial charge in [0.25, 0.3) is 0 Å². The van der Waals surface area contributed by atoms with Gasteiger partial charge in [0.15, 0.2) is 0 Å². The summed E-state index contributed by atoms with van der Waals surface area (Å²) < 4.78 is 10.9. The third kappa shape index (κ3) is 11.8. The number of nitrogens with one attached hydrogen (secondary N) is 4. The van der Waals surface area contributed by atoms with Gasteiger partial charge in [0.1, 0.15) is 0 Å². The maximum atomic E-state index is 12.0. The zero-order valence-corrected chi connectivity index (χ0v) is 21.4. The highest BCUT2D eigenvalue weighted by Crippen LogP contribution is 2.17. The van der Waals surface area contributed by atoms with E-state index in [9.17, 15) is 9.59 Å². The SMILES string of the molecule is CC(C)c1ccc(NC(=O)CNCCOCCOCCNC(=O)Nc2ccc(C(C)C)cc2)cc1. The number of carbonyl (C=O) groups is 2. The third-order valence-electron chi connectivity index (χ3n) is 5.31. The summed E-state index contributed by atoms with van der Waals surface area (Å²) in [5.74, 6) is 0.836. The minimum absolute atomic E-state index is 0.0882. The zero-order chi connectivity index (χ0) is 25.5. The molecular weight excluding hydrogens is 444 g/mol. The maximum absolute atomic E-state index is 12.0. The summed E-state index contributed by atoms with van der Waals surface area (Å²) in [5.41, 5.74) is 4.03. The number of anilines is 2. The lowest BCUT2D eigenvalue weighted by Crippen LogP contribution is -2.32. The first kappa shape index (κ1) is 28.3. The number of carbonyl (C=O) groups excluding carboxylic acids is 2. The minimum Gasteiger partial charge on any atom is -0.378 e. The molecule has 0 atom stereocenters. The monoisotopic (exact) mass is 484 g/mol. The average molecular weight is 485 g/mol. The lowest BCUT2D eigenvalue weighted by atomic mass is 10.0. The second-order valence-electron chi connectivity index (χ2n) is 8.88. The highest BCUT2D eigenvalue weighted by molar-refractivity contribution is 5.92. The van der Waals surface area contributed by atoms with Crippen molar-refractivity contribution in [2.24, 2.45) is 0 Å². The van der Waals surface area contributed by atoms with Crippen molar-refractivity contribution >= 4 is 23.3 Å². The summed E-state index contributed by atoms with van der Waals surface area (Å²) in [5, 5.41) is 11.5. The van der Waals surface area contributed by atoms with E-state index in [0.29, 0.717) is 51.4 Å². The van der Waals surface area contributed by atoms with E-state index in [4.69, 9.17) is 9.47 Å². The van der Waals surface area contributed by atoms with Crippen molar-refractivity contribution in [3.63, 3.8) is 0 Å². The van der Waals surface area contributed by atoms with Crippen molar-refractivity contribution in [2.45, 2.75) is 39.5 Å². The highest BCUT2D eigenvalue weighted by Gasteiger charge is 2.04. The van der Waals surface area contributed by atoms with E-state index >= 15 is 0 Å². The average Bonchev–Trinajstić information content (AvgIpc) is 2.83. The van der Waals surface area contributed by atoms with Gasteiger partial charge in [-0.05, 0) is 47.2 Å². The van der Waals surface area contributed by atoms with E-state index < -0.39 is 0 Å². The van der Waals surface area contributed by atoms with E-state index in [1.807, 2.05) is 48.5 Å². The topological polar surface area (TPSA) is 101 Å². The van der Waals surface area contributed by atoms with Crippen LogP contribution in [0.15, 0.2) is 48.5 Å². The van der Waals surface area contributed by atoms with Gasteiger partial charge in [-0.3, -0.25) is 4.79 Å². The van der Waals surface area contributed by atoms with Crippen LogP contribution in [0.25, 0.3) is 0 Å². The van der Waals surface area contributed by atoms with Crippen LogP contribution < -0.4 is 21.3 Å². The van der Waals surface area contributed by atoms with Gasteiger partial charge in [-0.25, -0.2) is 4.79 Å². The van der Waals surface area contributed by atoms with Crippen LogP contribution in [0.5, 0.6) is 0 Å². The number of ether oxygens (including phenoxy) is 2. The molecule has 0 heterocycles. The lowest BCUT2D eigenvalue weighted by molar-refractivity contribution is -0.115. The Morgan fingerprint density at radius 3 is 1.69 bits per heavy atom. The van der Waals surface area contributed by atoms with Gasteiger partial charge < -0.3 is 30.7 Å². The molecule has 0 aliphatic carbocycles. The standard InChI is InChI=1S/C27H40N4O4/c1-20(2)22-5-9-24(10-6-22)30-26(32)19-28-13-15-34-17-18-35-16-14-29-27(33)31-25-11-7-23(8-12-25)21(3)4/h5-12,20-21,28H,13-19H2,1-4H3,(H,30,32)(H2,29,31,33). The van der Waals surface area contributed by atoms with Gasteiger partial charge in [0.2, 0.25) is 5.91 Å². The number of hydrogen-bond donors (Lipinski definition) is 4. The molecule has 2 rings (SSSR count). The molecule has 0 radical (unpaired) electrons. The molecule has 0 spiro atoms. The second-order valence-corrected chi connectivity index (χ2v) is 8.88. The molecule has 0 aliphatic heterocycles. The van der Waals surface area contributed by atoms with Gasteiger partial charge in [-0.15, -0.1) is 0 Å². The van der Waals surface area contributed by atoms with Crippen molar-refractivity contribution in [3.8, 4) is 0 Å². The van der Waals surface area contributed by atoms with Gasteiger partial charge in [-0.1, -0.05) is 52.0 Å². The number of urea groups is 1. The van der Waals surface area contributed by atoms with E-state index in [0.717, 1.165) is 11.4 Å². The highest BCUT2D eigenvalue weighted by atomic mass is 16.5. The molecule has 0 aliphatic rings. The van der Waals surface area contributed by atoms with Gasteiger partial charge in [0, 0.05) is 24.5 Å². The molecule has 35 heavy (non-hydrogen) atoms. The van der Waals surface area contributed by atoms with E-state index in [-0.39, 0.29) is 18.5 Å². The van der Waals surface area contributed by atoms with E-state index in [1.165, 1.54) is 11.1 Å². The Kier molecular flexibility index (Phi) is 12.8. The van der Waals surface area contributed by atoms with Crippen LogP contribution in [-0.2, 0) is 14.3 Å². The predicted octanol–water partition coefficient (Wildman–Crippen LogP) is 4.32. The van der Waals surface area contributed by atoms with Crippen LogP contribution in [0, 0.1) is 0 Å². The fraction of sp³-hybridized carbons (Fsp3) is 0.481. The van der Waals surface area contributed by atoms with Crippen LogP contribution in [0.3, 0.4) is 0 Å². The third-order valence-corrected chi connectivity index (χ3v) is 5.31. The molecule has 0 unspecified atom stereocenters. The summed E-state index contributed by atoms with van der Waals surface area (Å²) in [4.78, 5) is 23.9. The fourth-order valence-corrected chi connectivity index (χ4v) is 3.19. The Morgan fingerprint density at radius 2 is 1.17 bits per heavy atom. The van der Waals surface area contributed by atoms with Crippen molar-refractivity contribution in [1.82, 2.24) is 10.6 Å². The predicted molar refractivity (Wildman–Crippen MR) is 141 cm³/mol. The van der Waals surface area contributed by atoms with Crippen molar-refractivity contribution < 1.29 is 19.1 Å². The number of benzene rings is 2. The molecule has 8 heteroatoms. The number of hydrogen-bond acceptors (Lipinski definition) is 5. The van der Waals surface area contributed by atoms with Gasteiger partial charge in [-0.2, -0.15) is 0 Å². The molecular formula is C27H40N4O4. The van der Waals surface area contributed by atoms with Crippen molar-refractivity contribution in [1.29, 1.82) is 0 Å². The molecule has 8 nitrogen and oxygen atoms in total. The summed E-state index contributed by atoms with van der Waals surface area (Å²) in [6.45, 7) is 11.5. The van der Waals surface area contributed by atoms with Gasteiger partial charge in [0.05, 0.1) is 33.0 Å². The Hall–Kier alpha value is -2.94. The van der Waals surface area contributed by atoms with Crippen LogP contribution in [-0.4, -0.2) is 58.0 Å². The molecule has 2 aromatic carbocycles. The molecule has 2 aromatic rings. The summed E-state index contributed by atoms with van der Waals surface area (Å²) in [6, 6.07) is 15.5. The van der Waals surface area contributed by atoms with Crippen LogP contribution in [0.1, 0.15) is 50.7 Å². The summed E-state index contributed by atoms with van der Waals surface area (Å²) >= 11 is 0. The quantitative estimate of drug-likeness (QED) is 0.282. The maximum Gasteiger partial charge on any atom is 0.319 e. The molecule has 0 aromatic heterocycles. The van der Waals surface area contributed by atoms with Crippen molar-refractivity contribution in [2.75, 3.05) is 56.7 Å². The molecule has 192 valence electrons. The number of amides is 3. The molecule has 0 bridgehead atoms. The van der Waals surface area contributed by atoms with Crippen LogP contribution in [0.2, 0.25) is 0 Å². The first-order valence-corrected chi connectivity index (χ1v) is 12.3. The zero-order valence-electron chi connectivity index (χ0n) is 21.4. The minimum atomic E-state index is -0.259. The van der Waals surface area contributed by atoms with E-state index in [2.05, 4.69) is 49.0 Å². The Balaban J connectivity index is 1.41. The normalized spacial score (nSPS) is 11.0. The largest absolute Gasteiger partial charge is 0.378 e. The lowest BCUT2D eigenvalue weighted by Gasteiger charge is -2.10. The second kappa shape index (κ2) is 15.9. The molecule has 4 N–H and O–H groups in total. The Bertz CT molecular complexity index is 810. The van der Waals surface area contributed by atoms with E-state index in [1.54, 1.807) is 0 Å². The molecule has 3 amide bonds. The molecule has 0 saturated heterocycles. The fourth-order valence-electron chi connectivity index (χ4n) is 3.19. The Morgan fingerprint density at radius 1 is 0.686 bits per heavy atom. The summed E-state index contributed by atoms with van der Waals surface area (Å²) in [7, 11) is 0. The number of rotatable bonds is 15. The van der Waals surface area contributed by atoms with Crippen LogP contribution >= 0.6 is 0 Å². The molecule has 0 saturated carbocycles. The molecule has 0 fully saturated rings. The van der Waals surface area contributed by atoms with Crippen molar-refractivity contribution in [3.05, 3.63) is 59.7 Å². The van der Waals surface area contributed by atoms with Crippen LogP contribution in [0.4, 0.5) is 16.2 Å². The first-order valence-electron chi connectivity index (χ1n) is 12.3. The Labute approximate surface area is 209 Å². The smallest absolute Gasteiger partial charge is 0.319 e. The summed E-state index contributed by atoms with van der Waals surface area (Å²) in [6.07, 6.45) is 0. The first-order chi connectivity index (χ1) is 16.8. The van der Waals surface area contributed by atoms with Gasteiger partial charge >= 0.3 is 6.03 Å².